The van der Waals surface area contributed by atoms with Crippen LogP contribution in [0.3, 0.4) is 0 Å². The summed E-state index contributed by atoms with van der Waals surface area (Å²) in [6, 6.07) is 3.36. The lowest BCUT2D eigenvalue weighted by atomic mass is 10.1. The number of furan rings is 1. The van der Waals surface area contributed by atoms with Gasteiger partial charge in [0.2, 0.25) is 5.76 Å². The molecule has 20 heavy (non-hydrogen) atoms. The van der Waals surface area contributed by atoms with Crippen LogP contribution in [-0.2, 0) is 11.2 Å². The number of carbonyl (C=O) groups is 1. The molecule has 0 fully saturated rings. The predicted octanol–water partition coefficient (Wildman–Crippen LogP) is 3.05. The number of nitrogens with zero attached hydrogens (tertiary/aromatic N) is 2. The highest BCUT2D eigenvalue weighted by molar-refractivity contribution is 5.86. The van der Waals surface area contributed by atoms with Gasteiger partial charge in [0.25, 0.3) is 0 Å². The highest BCUT2D eigenvalue weighted by atomic mass is 16.5. The minimum atomic E-state index is -0.467. The van der Waals surface area contributed by atoms with Gasteiger partial charge < -0.3 is 9.15 Å². The number of aryl methyl sites for hydroxylation is 1. The minimum absolute atomic E-state index is 0.0626. The SMILES string of the molecule is CCc1c(C)nn(C(C)c2ccc(C(=O)OC)o2)c1C. The van der Waals surface area contributed by atoms with E-state index in [0.717, 1.165) is 17.8 Å². The fourth-order valence-corrected chi connectivity index (χ4v) is 2.49. The third-order valence-corrected chi connectivity index (χ3v) is 3.62. The topological polar surface area (TPSA) is 57.3 Å². The van der Waals surface area contributed by atoms with Gasteiger partial charge in [0.05, 0.1) is 12.8 Å². The number of hydrogen-bond donors (Lipinski definition) is 0. The summed E-state index contributed by atoms with van der Waals surface area (Å²) in [4.78, 5) is 11.4. The Kier molecular flexibility index (Phi) is 3.97. The van der Waals surface area contributed by atoms with E-state index in [0.29, 0.717) is 5.76 Å². The number of carbonyl (C=O) groups excluding carboxylic acids is 1. The van der Waals surface area contributed by atoms with Crippen molar-refractivity contribution >= 4 is 5.97 Å². The molecule has 0 bridgehead atoms. The van der Waals surface area contributed by atoms with Crippen LogP contribution in [0.5, 0.6) is 0 Å². The molecule has 0 saturated heterocycles. The van der Waals surface area contributed by atoms with Gasteiger partial charge in [-0.25, -0.2) is 4.79 Å². The lowest BCUT2D eigenvalue weighted by Gasteiger charge is -2.12. The highest BCUT2D eigenvalue weighted by Crippen LogP contribution is 2.24. The number of methoxy groups -OCH3 is 1. The Labute approximate surface area is 118 Å². The Hall–Kier alpha value is -2.04. The number of ether oxygens (including phenoxy) is 1. The van der Waals surface area contributed by atoms with Gasteiger partial charge in [0.15, 0.2) is 0 Å². The number of aromatic nitrogens is 2. The van der Waals surface area contributed by atoms with Crippen LogP contribution in [0.4, 0.5) is 0 Å². The molecule has 0 aliphatic rings. The summed E-state index contributed by atoms with van der Waals surface area (Å²) in [6.45, 7) is 8.18. The molecule has 0 aromatic carbocycles. The average Bonchev–Trinajstić information content (AvgIpc) is 3.02. The van der Waals surface area contributed by atoms with Gasteiger partial charge in [-0.05, 0) is 44.9 Å². The van der Waals surface area contributed by atoms with E-state index in [1.54, 1.807) is 12.1 Å². The molecule has 0 N–H and O–H groups in total. The van der Waals surface area contributed by atoms with Crippen LogP contribution in [0.1, 0.15) is 53.2 Å². The van der Waals surface area contributed by atoms with Gasteiger partial charge in [-0.15, -0.1) is 0 Å². The molecule has 108 valence electrons. The van der Waals surface area contributed by atoms with Crippen LogP contribution in [0.2, 0.25) is 0 Å². The largest absolute Gasteiger partial charge is 0.463 e. The summed E-state index contributed by atoms with van der Waals surface area (Å²) in [7, 11) is 1.34. The van der Waals surface area contributed by atoms with Crippen LogP contribution in [0.25, 0.3) is 0 Å². The summed E-state index contributed by atoms with van der Waals surface area (Å²) in [6.07, 6.45) is 0.954. The minimum Gasteiger partial charge on any atom is -0.463 e. The molecule has 0 aliphatic carbocycles. The number of hydrogen-bond acceptors (Lipinski definition) is 4. The van der Waals surface area contributed by atoms with E-state index in [4.69, 9.17) is 4.42 Å². The first-order valence-electron chi connectivity index (χ1n) is 6.72. The number of esters is 1. The Bertz CT molecular complexity index is 625. The van der Waals surface area contributed by atoms with Crippen molar-refractivity contribution in [1.29, 1.82) is 0 Å². The van der Waals surface area contributed by atoms with Crippen molar-refractivity contribution in [1.82, 2.24) is 9.78 Å². The summed E-state index contributed by atoms with van der Waals surface area (Å²) >= 11 is 0. The maximum atomic E-state index is 11.4. The van der Waals surface area contributed by atoms with Crippen molar-refractivity contribution in [3.05, 3.63) is 40.6 Å². The lowest BCUT2D eigenvalue weighted by molar-refractivity contribution is 0.0562. The first-order valence-corrected chi connectivity index (χ1v) is 6.72. The van der Waals surface area contributed by atoms with Crippen LogP contribution in [-0.4, -0.2) is 22.9 Å². The molecule has 5 nitrogen and oxygen atoms in total. The third-order valence-electron chi connectivity index (χ3n) is 3.62. The predicted molar refractivity (Wildman–Crippen MR) is 74.9 cm³/mol. The molecule has 1 unspecified atom stereocenters. The van der Waals surface area contributed by atoms with E-state index >= 15 is 0 Å². The van der Waals surface area contributed by atoms with Gasteiger partial charge in [-0.1, -0.05) is 6.92 Å². The third kappa shape index (κ3) is 2.35. The molecular formula is C15H20N2O3. The second-order valence-electron chi connectivity index (χ2n) is 4.82. The van der Waals surface area contributed by atoms with Crippen molar-refractivity contribution in [2.24, 2.45) is 0 Å². The van der Waals surface area contributed by atoms with Crippen molar-refractivity contribution in [2.45, 2.75) is 40.2 Å². The Morgan fingerprint density at radius 3 is 2.70 bits per heavy atom. The fraction of sp³-hybridized carbons (Fsp3) is 0.467. The van der Waals surface area contributed by atoms with Gasteiger partial charge in [0, 0.05) is 5.69 Å². The van der Waals surface area contributed by atoms with Crippen molar-refractivity contribution in [3.8, 4) is 0 Å². The average molecular weight is 276 g/mol. The maximum Gasteiger partial charge on any atom is 0.373 e. The van der Waals surface area contributed by atoms with Crippen LogP contribution < -0.4 is 0 Å². The molecule has 0 saturated carbocycles. The highest BCUT2D eigenvalue weighted by Gasteiger charge is 2.20. The first kappa shape index (κ1) is 14.4. The Morgan fingerprint density at radius 2 is 2.15 bits per heavy atom. The van der Waals surface area contributed by atoms with Gasteiger partial charge in [0.1, 0.15) is 11.8 Å². The van der Waals surface area contributed by atoms with Crippen molar-refractivity contribution < 1.29 is 13.9 Å². The maximum absolute atomic E-state index is 11.4. The van der Waals surface area contributed by atoms with E-state index < -0.39 is 5.97 Å². The Balaban J connectivity index is 2.34. The number of rotatable bonds is 4. The second-order valence-corrected chi connectivity index (χ2v) is 4.82. The second kappa shape index (κ2) is 5.53. The van der Waals surface area contributed by atoms with Crippen molar-refractivity contribution in [3.63, 3.8) is 0 Å². The van der Waals surface area contributed by atoms with Crippen molar-refractivity contribution in [2.75, 3.05) is 7.11 Å². The molecule has 0 aliphatic heterocycles. The summed E-state index contributed by atoms with van der Waals surface area (Å²) in [5.74, 6) is 0.441. The van der Waals surface area contributed by atoms with Crippen LogP contribution >= 0.6 is 0 Å². The smallest absolute Gasteiger partial charge is 0.373 e. The van der Waals surface area contributed by atoms with E-state index in [1.807, 2.05) is 18.5 Å². The van der Waals surface area contributed by atoms with Crippen LogP contribution in [0.15, 0.2) is 16.5 Å². The fourth-order valence-electron chi connectivity index (χ4n) is 2.49. The molecule has 2 rings (SSSR count). The van der Waals surface area contributed by atoms with E-state index in [9.17, 15) is 4.79 Å². The molecule has 2 heterocycles. The zero-order chi connectivity index (χ0) is 14.9. The summed E-state index contributed by atoms with van der Waals surface area (Å²) in [5.41, 5.74) is 3.43. The zero-order valence-corrected chi connectivity index (χ0v) is 12.6. The quantitative estimate of drug-likeness (QED) is 0.805. The molecule has 0 spiro atoms. The summed E-state index contributed by atoms with van der Waals surface area (Å²) in [5, 5.41) is 4.57. The molecule has 0 radical (unpaired) electrons. The first-order chi connectivity index (χ1) is 9.49. The standard InChI is InChI=1S/C15H20N2O3/c1-6-12-9(2)16-17(10(12)3)11(4)13-7-8-14(20-13)15(18)19-5/h7-8,11H,6H2,1-5H3. The normalized spacial score (nSPS) is 12.4. The summed E-state index contributed by atoms with van der Waals surface area (Å²) < 4.78 is 12.1. The molecule has 2 aromatic rings. The van der Waals surface area contributed by atoms with Crippen LogP contribution in [0, 0.1) is 13.8 Å². The van der Waals surface area contributed by atoms with Gasteiger partial charge in [-0.2, -0.15) is 5.10 Å². The molecule has 2 aromatic heterocycles. The monoisotopic (exact) mass is 276 g/mol. The lowest BCUT2D eigenvalue weighted by Crippen LogP contribution is -2.10. The van der Waals surface area contributed by atoms with Gasteiger partial charge >= 0.3 is 5.97 Å². The molecule has 1 atom stereocenters. The van der Waals surface area contributed by atoms with E-state index in [1.165, 1.54) is 12.7 Å². The van der Waals surface area contributed by atoms with E-state index in [-0.39, 0.29) is 11.8 Å². The zero-order valence-electron chi connectivity index (χ0n) is 12.6. The Morgan fingerprint density at radius 1 is 1.45 bits per heavy atom. The molecule has 5 heteroatoms. The van der Waals surface area contributed by atoms with Gasteiger partial charge in [-0.3, -0.25) is 4.68 Å². The van der Waals surface area contributed by atoms with E-state index in [2.05, 4.69) is 23.7 Å². The molecular weight excluding hydrogens is 256 g/mol. The molecule has 0 amide bonds.